The van der Waals surface area contributed by atoms with Crippen molar-refractivity contribution >= 4 is 92.8 Å². The minimum atomic E-state index is -0.542. The van der Waals surface area contributed by atoms with Crippen LogP contribution in [0.25, 0.3) is 10.8 Å². The predicted molar refractivity (Wildman–Crippen MR) is 242 cm³/mol. The van der Waals surface area contributed by atoms with E-state index in [4.69, 9.17) is 19.4 Å². The summed E-state index contributed by atoms with van der Waals surface area (Å²) in [6.07, 6.45) is 2.21. The van der Waals surface area contributed by atoms with Crippen molar-refractivity contribution in [2.24, 2.45) is 0 Å². The van der Waals surface area contributed by atoms with E-state index in [-0.39, 0.29) is 0 Å². The maximum Gasteiger partial charge on any atom is 0.335 e. The van der Waals surface area contributed by atoms with Gasteiger partial charge >= 0.3 is 11.9 Å². The van der Waals surface area contributed by atoms with E-state index in [1.165, 1.54) is 23.5 Å². The highest BCUT2D eigenvalue weighted by Gasteiger charge is 2.13. The molecule has 8 rings (SSSR count). The fourth-order valence-electron chi connectivity index (χ4n) is 5.66. The van der Waals surface area contributed by atoms with E-state index < -0.39 is 11.9 Å². The zero-order valence-electron chi connectivity index (χ0n) is 32.6. The van der Waals surface area contributed by atoms with E-state index in [0.717, 1.165) is 44.1 Å². The van der Waals surface area contributed by atoms with Crippen LogP contribution in [0.15, 0.2) is 191 Å². The smallest absolute Gasteiger partial charge is 0.335 e. The van der Waals surface area contributed by atoms with Gasteiger partial charge in [0.15, 0.2) is 10.3 Å². The molecule has 16 heteroatoms. The van der Waals surface area contributed by atoms with E-state index in [1.807, 2.05) is 97.1 Å². The average Bonchev–Trinajstić information content (AvgIpc) is 3.28. The van der Waals surface area contributed by atoms with Crippen molar-refractivity contribution in [1.82, 2.24) is 29.9 Å². The molecule has 0 aliphatic carbocycles. The number of rotatable bonds is 16. The first-order valence-electron chi connectivity index (χ1n) is 18.8. The molecule has 0 atom stereocenters. The zero-order chi connectivity index (χ0) is 42.7. The van der Waals surface area contributed by atoms with Gasteiger partial charge in [0.05, 0.1) is 0 Å². The van der Waals surface area contributed by atoms with E-state index >= 15 is 0 Å². The molecule has 0 amide bonds. The van der Waals surface area contributed by atoms with Crippen LogP contribution in [-0.2, 0) is 9.59 Å². The Morgan fingerprint density at radius 2 is 0.774 bits per heavy atom. The van der Waals surface area contributed by atoms with Gasteiger partial charge in [0, 0.05) is 44.7 Å². The monoisotopic (exact) mass is 854 g/mol. The van der Waals surface area contributed by atoms with Crippen LogP contribution in [0.5, 0.6) is 11.5 Å². The van der Waals surface area contributed by atoms with E-state index in [9.17, 15) is 9.59 Å². The molecule has 0 aliphatic heterocycles. The molecule has 0 unspecified atom stereocenters. The normalized spacial score (nSPS) is 10.6. The number of hydrogen-bond acceptors (Lipinski definition) is 16. The Kier molecular flexibility index (Phi) is 12.7. The molecule has 0 saturated carbocycles. The molecule has 2 aromatic heterocycles. The molecule has 6 aromatic carbocycles. The highest BCUT2D eigenvalue weighted by Crippen LogP contribution is 2.31. The van der Waals surface area contributed by atoms with Crippen LogP contribution in [0.4, 0.5) is 46.5 Å². The molecular weight excluding hydrogens is 821 g/mol. The first-order chi connectivity index (χ1) is 30.3. The van der Waals surface area contributed by atoms with Gasteiger partial charge in [-0.05, 0) is 131 Å². The van der Waals surface area contributed by atoms with Gasteiger partial charge in [-0.25, -0.2) is 9.59 Å². The largest absolute Gasteiger partial charge is 0.423 e. The Morgan fingerprint density at radius 1 is 0.435 bits per heavy atom. The van der Waals surface area contributed by atoms with Crippen molar-refractivity contribution in [3.8, 4) is 11.5 Å². The highest BCUT2D eigenvalue weighted by molar-refractivity contribution is 7.99. The molecule has 8 aromatic rings. The minimum Gasteiger partial charge on any atom is -0.423 e. The van der Waals surface area contributed by atoms with Gasteiger partial charge in [0.2, 0.25) is 23.8 Å². The molecule has 304 valence electrons. The number of carbonyl (C=O) groups excluding carboxylic acids is 2. The quantitative estimate of drug-likeness (QED) is 0.0409. The lowest BCUT2D eigenvalue weighted by Crippen LogP contribution is -2.06. The van der Waals surface area contributed by atoms with Crippen molar-refractivity contribution in [3.63, 3.8) is 0 Å². The molecule has 0 radical (unpaired) electrons. The van der Waals surface area contributed by atoms with Crippen molar-refractivity contribution in [2.75, 3.05) is 21.3 Å². The summed E-state index contributed by atoms with van der Waals surface area (Å²) in [7, 11) is 0. The van der Waals surface area contributed by atoms with Gasteiger partial charge in [-0.15, -0.1) is 0 Å². The first kappa shape index (κ1) is 40.7. The van der Waals surface area contributed by atoms with E-state index in [1.54, 1.807) is 48.5 Å². The van der Waals surface area contributed by atoms with Crippen LogP contribution in [0, 0.1) is 0 Å². The lowest BCUT2D eigenvalue weighted by atomic mass is 10.1. The molecular formula is C46H34N10O4S2. The summed E-state index contributed by atoms with van der Waals surface area (Å²) in [5.74, 6) is 0.996. The van der Waals surface area contributed by atoms with Crippen molar-refractivity contribution in [3.05, 3.63) is 171 Å². The summed E-state index contributed by atoms with van der Waals surface area (Å²) in [6.45, 7) is 6.87. The summed E-state index contributed by atoms with van der Waals surface area (Å²) < 4.78 is 10.4. The number of fused-ring (bicyclic) bond motifs is 1. The molecule has 0 spiro atoms. The van der Waals surface area contributed by atoms with Crippen LogP contribution in [-0.4, -0.2) is 41.8 Å². The summed E-state index contributed by atoms with van der Waals surface area (Å²) in [4.78, 5) is 53.2. The van der Waals surface area contributed by atoms with Crippen LogP contribution < -0.4 is 30.7 Å². The number of hydrogen-bond donors (Lipinski definition) is 4. The van der Waals surface area contributed by atoms with Crippen molar-refractivity contribution in [1.29, 1.82) is 0 Å². The maximum absolute atomic E-state index is 11.6. The van der Waals surface area contributed by atoms with Crippen LogP contribution >= 0.6 is 23.5 Å². The third-order valence-electron chi connectivity index (χ3n) is 8.48. The number of nitrogens with one attached hydrogen (secondary N) is 4. The number of nitrogens with zero attached hydrogens (tertiary/aromatic N) is 6. The number of anilines is 8. The zero-order valence-corrected chi connectivity index (χ0v) is 34.2. The molecule has 14 nitrogen and oxygen atoms in total. The second-order valence-electron chi connectivity index (χ2n) is 12.9. The Bertz CT molecular complexity index is 2690. The molecule has 2 heterocycles. The predicted octanol–water partition coefficient (Wildman–Crippen LogP) is 10.7. The SMILES string of the molecule is C=CC(=O)Oc1ccc(Nc2nc(Nc3ccc4cc(Nc5nc(Nc6ccc(OC(=O)C=C)cc6)nc(Sc6ccccc6)n5)ccc4c3)nc(Sc3ccccc3)n2)cc1. The molecule has 0 fully saturated rings. The number of benzene rings is 6. The van der Waals surface area contributed by atoms with Gasteiger partial charge in [-0.3, -0.25) is 0 Å². The molecule has 62 heavy (non-hydrogen) atoms. The number of ether oxygens (including phenoxy) is 2. The topological polar surface area (TPSA) is 178 Å². The van der Waals surface area contributed by atoms with Crippen LogP contribution in [0.2, 0.25) is 0 Å². The number of esters is 2. The Balaban J connectivity index is 1.01. The lowest BCUT2D eigenvalue weighted by Gasteiger charge is -2.12. The standard InChI is InChI=1S/C46H34N10O4S2/c1-3-39(57)59-35-23-19-31(20-24-35)47-41-51-43(55-45(53-41)61-37-11-7-5-8-12-37)49-33-17-15-30-28-34(18-16-29(30)27-33)50-44-52-42(54-46(56-44)62-38-13-9-6-10-14-38)48-32-21-25-36(26-22-32)60-40(58)4-2/h3-28H,1-2H2,(H2,47,49,51,53,55)(H2,48,50,52,54,56). The average molecular weight is 855 g/mol. The molecule has 4 N–H and O–H groups in total. The Labute approximate surface area is 364 Å². The second-order valence-corrected chi connectivity index (χ2v) is 15.0. The van der Waals surface area contributed by atoms with Gasteiger partial charge in [0.1, 0.15) is 11.5 Å². The van der Waals surface area contributed by atoms with E-state index in [0.29, 0.717) is 57.0 Å². The van der Waals surface area contributed by atoms with Crippen molar-refractivity contribution in [2.45, 2.75) is 20.1 Å². The fraction of sp³-hybridized carbons (Fsp3) is 0. The van der Waals surface area contributed by atoms with Gasteiger partial charge in [-0.2, -0.15) is 29.9 Å². The third-order valence-corrected chi connectivity index (χ3v) is 10.2. The van der Waals surface area contributed by atoms with Gasteiger partial charge < -0.3 is 30.7 Å². The van der Waals surface area contributed by atoms with Crippen LogP contribution in [0.3, 0.4) is 0 Å². The summed E-state index contributed by atoms with van der Waals surface area (Å²) >= 11 is 2.81. The maximum atomic E-state index is 11.6. The lowest BCUT2D eigenvalue weighted by molar-refractivity contribution is -0.129. The van der Waals surface area contributed by atoms with Gasteiger partial charge in [0.25, 0.3) is 0 Å². The molecule has 0 aliphatic rings. The van der Waals surface area contributed by atoms with E-state index in [2.05, 4.69) is 54.4 Å². The van der Waals surface area contributed by atoms with Gasteiger partial charge in [-0.1, -0.05) is 61.7 Å². The van der Waals surface area contributed by atoms with Crippen molar-refractivity contribution < 1.29 is 19.1 Å². The molecule has 0 bridgehead atoms. The second kappa shape index (κ2) is 19.3. The fourth-order valence-corrected chi connectivity index (χ4v) is 7.20. The first-order valence-corrected chi connectivity index (χ1v) is 20.4. The van der Waals surface area contributed by atoms with Crippen LogP contribution in [0.1, 0.15) is 0 Å². The summed E-state index contributed by atoms with van der Waals surface area (Å²) in [6, 6.07) is 45.2. The number of carbonyl (C=O) groups is 2. The Morgan fingerprint density at radius 3 is 1.13 bits per heavy atom. The minimum absolute atomic E-state index is 0.319. The highest BCUT2D eigenvalue weighted by atomic mass is 32.2. The third kappa shape index (κ3) is 11.1. The number of aromatic nitrogens is 6. The summed E-state index contributed by atoms with van der Waals surface area (Å²) in [5, 5.41) is 16.0. The molecule has 0 saturated heterocycles. The Hall–Kier alpha value is -8.08. The summed E-state index contributed by atoms with van der Waals surface area (Å²) in [5.41, 5.74) is 2.90.